The summed E-state index contributed by atoms with van der Waals surface area (Å²) in [6.07, 6.45) is 6.08. The Morgan fingerprint density at radius 3 is 2.60 bits per heavy atom. The van der Waals surface area contributed by atoms with Crippen LogP contribution in [0.1, 0.15) is 42.5 Å². The van der Waals surface area contributed by atoms with E-state index < -0.39 is 0 Å². The molecular formula is C15H19Br2NO2. The average Bonchev–Trinajstić information content (AvgIpc) is 2.48. The fourth-order valence-electron chi connectivity index (χ4n) is 2.68. The molecule has 0 aliphatic heterocycles. The number of phenolic OH excluding ortho intramolecular Hbond substituents is 1. The smallest absolute Gasteiger partial charge is 0.251 e. The molecule has 0 radical (unpaired) electrons. The molecule has 1 aromatic carbocycles. The number of rotatable bonds is 4. The predicted molar refractivity (Wildman–Crippen MR) is 87.5 cm³/mol. The van der Waals surface area contributed by atoms with Crippen LogP contribution in [0.3, 0.4) is 0 Å². The lowest BCUT2D eigenvalue weighted by molar-refractivity contribution is 0.0921. The molecule has 1 fully saturated rings. The summed E-state index contributed by atoms with van der Waals surface area (Å²) < 4.78 is 0.596. The highest BCUT2D eigenvalue weighted by Gasteiger charge is 2.31. The Kier molecular flexibility index (Phi) is 5.49. The zero-order valence-corrected chi connectivity index (χ0v) is 14.5. The minimum Gasteiger partial charge on any atom is -0.507 e. The van der Waals surface area contributed by atoms with Crippen molar-refractivity contribution < 1.29 is 9.90 Å². The van der Waals surface area contributed by atoms with Crippen LogP contribution in [-0.4, -0.2) is 22.9 Å². The standard InChI is InChI=1S/C15H19Br2NO2/c16-9-15(6-2-1-3-7-15)10-18-14(20)11-4-5-12(17)13(19)8-11/h4-5,8,19H,1-3,6-7,9-10H2,(H,18,20). The van der Waals surface area contributed by atoms with Crippen molar-refractivity contribution in [2.45, 2.75) is 32.1 Å². The molecule has 3 nitrogen and oxygen atoms in total. The lowest BCUT2D eigenvalue weighted by Gasteiger charge is -2.35. The summed E-state index contributed by atoms with van der Waals surface area (Å²) in [5, 5.41) is 13.6. The molecule has 2 rings (SSSR count). The number of hydrogen-bond acceptors (Lipinski definition) is 2. The Balaban J connectivity index is 1.98. The van der Waals surface area contributed by atoms with E-state index in [9.17, 15) is 9.90 Å². The summed E-state index contributed by atoms with van der Waals surface area (Å²) >= 11 is 6.81. The molecule has 0 spiro atoms. The number of carbonyl (C=O) groups excluding carboxylic acids is 1. The average molecular weight is 405 g/mol. The van der Waals surface area contributed by atoms with E-state index in [0.717, 1.165) is 18.2 Å². The monoisotopic (exact) mass is 403 g/mol. The van der Waals surface area contributed by atoms with Crippen molar-refractivity contribution in [2.75, 3.05) is 11.9 Å². The first kappa shape index (κ1) is 15.8. The van der Waals surface area contributed by atoms with E-state index in [1.807, 2.05) is 0 Å². The molecule has 1 aliphatic carbocycles. The van der Waals surface area contributed by atoms with Gasteiger partial charge in [-0.2, -0.15) is 0 Å². The highest BCUT2D eigenvalue weighted by molar-refractivity contribution is 9.10. The van der Waals surface area contributed by atoms with Crippen LogP contribution < -0.4 is 5.32 Å². The quantitative estimate of drug-likeness (QED) is 0.737. The second-order valence-corrected chi connectivity index (χ2v) is 6.96. The van der Waals surface area contributed by atoms with Gasteiger partial charge in [0.15, 0.2) is 0 Å². The fraction of sp³-hybridized carbons (Fsp3) is 0.533. The van der Waals surface area contributed by atoms with Crippen LogP contribution in [0.4, 0.5) is 0 Å². The summed E-state index contributed by atoms with van der Waals surface area (Å²) in [6, 6.07) is 4.88. The third kappa shape index (κ3) is 3.76. The summed E-state index contributed by atoms with van der Waals surface area (Å²) in [6.45, 7) is 0.688. The van der Waals surface area contributed by atoms with Gasteiger partial charge in [0.2, 0.25) is 0 Å². The molecule has 0 aromatic heterocycles. The number of hydrogen-bond donors (Lipinski definition) is 2. The maximum Gasteiger partial charge on any atom is 0.251 e. The minimum atomic E-state index is -0.126. The number of halogens is 2. The molecule has 0 atom stereocenters. The summed E-state index contributed by atoms with van der Waals surface area (Å²) in [7, 11) is 0. The molecule has 110 valence electrons. The van der Waals surface area contributed by atoms with E-state index in [-0.39, 0.29) is 17.1 Å². The molecule has 1 aromatic rings. The largest absolute Gasteiger partial charge is 0.507 e. The van der Waals surface area contributed by atoms with Crippen LogP contribution in [0.15, 0.2) is 22.7 Å². The second-order valence-electron chi connectivity index (χ2n) is 5.54. The van der Waals surface area contributed by atoms with Crippen molar-refractivity contribution in [3.63, 3.8) is 0 Å². The van der Waals surface area contributed by atoms with Crippen LogP contribution >= 0.6 is 31.9 Å². The van der Waals surface area contributed by atoms with Crippen molar-refractivity contribution in [2.24, 2.45) is 5.41 Å². The maximum atomic E-state index is 12.2. The molecule has 20 heavy (non-hydrogen) atoms. The number of amides is 1. The van der Waals surface area contributed by atoms with Crippen LogP contribution in [-0.2, 0) is 0 Å². The molecule has 1 aliphatic rings. The Morgan fingerprint density at radius 1 is 1.30 bits per heavy atom. The topological polar surface area (TPSA) is 49.3 Å². The summed E-state index contributed by atoms with van der Waals surface area (Å²) in [5.41, 5.74) is 0.678. The highest BCUT2D eigenvalue weighted by atomic mass is 79.9. The molecule has 1 amide bonds. The number of benzene rings is 1. The van der Waals surface area contributed by atoms with Gasteiger partial charge in [0.25, 0.3) is 5.91 Å². The van der Waals surface area contributed by atoms with Crippen LogP contribution in [0.5, 0.6) is 5.75 Å². The van der Waals surface area contributed by atoms with Crippen molar-refractivity contribution in [1.82, 2.24) is 5.32 Å². The Morgan fingerprint density at radius 2 is 2.00 bits per heavy atom. The number of phenols is 1. The van der Waals surface area contributed by atoms with Gasteiger partial charge in [-0.1, -0.05) is 35.2 Å². The van der Waals surface area contributed by atoms with Gasteiger partial charge >= 0.3 is 0 Å². The fourth-order valence-corrected chi connectivity index (χ4v) is 3.69. The summed E-state index contributed by atoms with van der Waals surface area (Å²) in [5.74, 6) is -0.0378. The molecule has 0 bridgehead atoms. The Hall–Kier alpha value is -0.550. The second kappa shape index (κ2) is 6.94. The number of nitrogens with one attached hydrogen (secondary N) is 1. The van der Waals surface area contributed by atoms with E-state index >= 15 is 0 Å². The number of aromatic hydroxyl groups is 1. The third-order valence-electron chi connectivity index (χ3n) is 4.03. The first-order valence-electron chi connectivity index (χ1n) is 6.89. The van der Waals surface area contributed by atoms with Crippen LogP contribution in [0, 0.1) is 5.41 Å². The van der Waals surface area contributed by atoms with Crippen molar-refractivity contribution in [3.05, 3.63) is 28.2 Å². The third-order valence-corrected chi connectivity index (χ3v) is 5.89. The number of carbonyl (C=O) groups is 1. The van der Waals surface area contributed by atoms with Crippen molar-refractivity contribution in [1.29, 1.82) is 0 Å². The highest BCUT2D eigenvalue weighted by Crippen LogP contribution is 2.37. The van der Waals surface area contributed by atoms with Crippen LogP contribution in [0.2, 0.25) is 0 Å². The molecule has 1 saturated carbocycles. The van der Waals surface area contributed by atoms with Crippen LogP contribution in [0.25, 0.3) is 0 Å². The molecule has 0 heterocycles. The van der Waals surface area contributed by atoms with Gasteiger partial charge < -0.3 is 10.4 Å². The molecule has 5 heteroatoms. The van der Waals surface area contributed by atoms with Gasteiger partial charge in [0.1, 0.15) is 5.75 Å². The van der Waals surface area contributed by atoms with Gasteiger partial charge in [0.05, 0.1) is 4.47 Å². The lowest BCUT2D eigenvalue weighted by atomic mass is 9.75. The Labute approximate surface area is 136 Å². The molecule has 0 saturated heterocycles. The number of alkyl halides is 1. The molecule has 2 N–H and O–H groups in total. The SMILES string of the molecule is O=C(NCC1(CBr)CCCCC1)c1ccc(Br)c(O)c1. The molecular weight excluding hydrogens is 386 g/mol. The van der Waals surface area contributed by atoms with Gasteiger partial charge in [-0.05, 0) is 52.4 Å². The zero-order valence-electron chi connectivity index (χ0n) is 11.3. The van der Waals surface area contributed by atoms with E-state index in [1.165, 1.54) is 25.3 Å². The Bertz CT molecular complexity index is 485. The first-order valence-corrected chi connectivity index (χ1v) is 8.80. The van der Waals surface area contributed by atoms with E-state index in [0.29, 0.717) is 16.6 Å². The van der Waals surface area contributed by atoms with Crippen molar-refractivity contribution in [3.8, 4) is 5.75 Å². The lowest BCUT2D eigenvalue weighted by Crippen LogP contribution is -2.40. The van der Waals surface area contributed by atoms with Crippen molar-refractivity contribution >= 4 is 37.8 Å². The van der Waals surface area contributed by atoms with E-state index in [4.69, 9.17) is 0 Å². The van der Waals surface area contributed by atoms with E-state index in [2.05, 4.69) is 37.2 Å². The zero-order chi connectivity index (χ0) is 14.6. The van der Waals surface area contributed by atoms with Gasteiger partial charge in [-0.25, -0.2) is 0 Å². The van der Waals surface area contributed by atoms with E-state index in [1.54, 1.807) is 12.1 Å². The maximum absolute atomic E-state index is 12.2. The normalized spacial score (nSPS) is 17.7. The molecule has 0 unspecified atom stereocenters. The van der Waals surface area contributed by atoms with Gasteiger partial charge in [0, 0.05) is 17.4 Å². The minimum absolute atomic E-state index is 0.0884. The van der Waals surface area contributed by atoms with Gasteiger partial charge in [-0.3, -0.25) is 4.79 Å². The van der Waals surface area contributed by atoms with Gasteiger partial charge in [-0.15, -0.1) is 0 Å². The predicted octanol–water partition coefficient (Wildman–Crippen LogP) is 4.23. The first-order chi connectivity index (χ1) is 9.56. The summed E-state index contributed by atoms with van der Waals surface area (Å²) in [4.78, 5) is 12.2.